The summed E-state index contributed by atoms with van der Waals surface area (Å²) in [5, 5.41) is 8.64. The summed E-state index contributed by atoms with van der Waals surface area (Å²) < 4.78 is 5.90. The lowest BCUT2D eigenvalue weighted by molar-refractivity contribution is -0.137. The number of carbonyl (C=O) groups is 1. The van der Waals surface area contributed by atoms with Gasteiger partial charge in [0.25, 0.3) is 0 Å². The van der Waals surface area contributed by atoms with Crippen LogP contribution < -0.4 is 0 Å². The van der Waals surface area contributed by atoms with Gasteiger partial charge in [-0.25, -0.2) is 0 Å². The van der Waals surface area contributed by atoms with E-state index in [9.17, 15) is 4.79 Å². The first-order valence-corrected chi connectivity index (χ1v) is 6.05. The van der Waals surface area contributed by atoms with Crippen molar-refractivity contribution in [3.63, 3.8) is 0 Å². The standard InChI is InChI=1S/C12H23NO3/c1-4-13(8-6-11(14)15)9-10-5-7-12(2,3)16-10/h10H,4-9H2,1-3H3,(H,14,15). The van der Waals surface area contributed by atoms with E-state index in [0.717, 1.165) is 25.9 Å². The van der Waals surface area contributed by atoms with Gasteiger partial charge in [-0.2, -0.15) is 0 Å². The smallest absolute Gasteiger partial charge is 0.304 e. The lowest BCUT2D eigenvalue weighted by atomic mass is 10.1. The number of rotatable bonds is 6. The van der Waals surface area contributed by atoms with E-state index in [1.54, 1.807) is 0 Å². The number of carboxylic acid groups (broad SMARTS) is 1. The van der Waals surface area contributed by atoms with Crippen molar-refractivity contribution < 1.29 is 14.6 Å². The van der Waals surface area contributed by atoms with Gasteiger partial charge in [-0.3, -0.25) is 4.79 Å². The molecule has 94 valence electrons. The summed E-state index contributed by atoms with van der Waals surface area (Å²) in [7, 11) is 0. The first kappa shape index (κ1) is 13.5. The molecule has 0 aliphatic carbocycles. The molecule has 1 saturated heterocycles. The van der Waals surface area contributed by atoms with Crippen molar-refractivity contribution in [2.75, 3.05) is 19.6 Å². The Morgan fingerprint density at radius 1 is 1.56 bits per heavy atom. The summed E-state index contributed by atoms with van der Waals surface area (Å²) in [4.78, 5) is 12.7. The van der Waals surface area contributed by atoms with Crippen molar-refractivity contribution >= 4 is 5.97 Å². The first-order chi connectivity index (χ1) is 7.43. The number of nitrogens with zero attached hydrogens (tertiary/aromatic N) is 1. The van der Waals surface area contributed by atoms with Crippen molar-refractivity contribution in [3.05, 3.63) is 0 Å². The molecule has 1 rings (SSSR count). The molecule has 0 aromatic carbocycles. The number of hydrogen-bond acceptors (Lipinski definition) is 3. The normalized spacial score (nSPS) is 23.9. The first-order valence-electron chi connectivity index (χ1n) is 6.05. The summed E-state index contributed by atoms with van der Waals surface area (Å²) in [5.41, 5.74) is -0.00310. The van der Waals surface area contributed by atoms with Crippen molar-refractivity contribution in [1.82, 2.24) is 4.90 Å². The van der Waals surface area contributed by atoms with E-state index in [1.165, 1.54) is 0 Å². The fraction of sp³-hybridized carbons (Fsp3) is 0.917. The average Bonchev–Trinajstić information content (AvgIpc) is 2.52. The molecule has 16 heavy (non-hydrogen) atoms. The molecule has 0 saturated carbocycles. The van der Waals surface area contributed by atoms with Crippen molar-refractivity contribution in [1.29, 1.82) is 0 Å². The number of likely N-dealkylation sites (N-methyl/N-ethyl adjacent to an activating group) is 1. The summed E-state index contributed by atoms with van der Waals surface area (Å²) >= 11 is 0. The maximum absolute atomic E-state index is 10.5. The van der Waals surface area contributed by atoms with Crippen LogP contribution in [0.15, 0.2) is 0 Å². The zero-order chi connectivity index (χ0) is 12.2. The van der Waals surface area contributed by atoms with Crippen LogP contribution in [-0.4, -0.2) is 47.3 Å². The van der Waals surface area contributed by atoms with Gasteiger partial charge in [-0.1, -0.05) is 6.92 Å². The summed E-state index contributed by atoms with van der Waals surface area (Å²) in [6.45, 7) is 8.63. The van der Waals surface area contributed by atoms with Gasteiger partial charge >= 0.3 is 5.97 Å². The van der Waals surface area contributed by atoms with Crippen LogP contribution in [0.25, 0.3) is 0 Å². The number of carboxylic acids is 1. The molecule has 1 aliphatic heterocycles. The Morgan fingerprint density at radius 3 is 2.69 bits per heavy atom. The van der Waals surface area contributed by atoms with Crippen LogP contribution in [0.3, 0.4) is 0 Å². The Hall–Kier alpha value is -0.610. The second kappa shape index (κ2) is 5.64. The highest BCUT2D eigenvalue weighted by atomic mass is 16.5. The van der Waals surface area contributed by atoms with Crippen molar-refractivity contribution in [2.45, 2.75) is 51.7 Å². The summed E-state index contributed by atoms with van der Waals surface area (Å²) in [5.74, 6) is -0.730. The van der Waals surface area contributed by atoms with E-state index >= 15 is 0 Å². The molecule has 1 atom stereocenters. The van der Waals surface area contributed by atoms with E-state index in [2.05, 4.69) is 25.7 Å². The number of hydrogen-bond donors (Lipinski definition) is 1. The third-order valence-electron chi connectivity index (χ3n) is 3.11. The highest BCUT2D eigenvalue weighted by Crippen LogP contribution is 2.29. The largest absolute Gasteiger partial charge is 0.481 e. The fourth-order valence-electron chi connectivity index (χ4n) is 2.13. The van der Waals surface area contributed by atoms with Gasteiger partial charge in [0.15, 0.2) is 0 Å². The second-order valence-electron chi connectivity index (χ2n) is 5.08. The zero-order valence-electron chi connectivity index (χ0n) is 10.5. The highest BCUT2D eigenvalue weighted by molar-refractivity contribution is 5.66. The monoisotopic (exact) mass is 229 g/mol. The molecule has 0 spiro atoms. The molecule has 0 radical (unpaired) electrons. The number of aliphatic carboxylic acids is 1. The quantitative estimate of drug-likeness (QED) is 0.753. The lowest BCUT2D eigenvalue weighted by Gasteiger charge is -2.25. The molecule has 0 bridgehead atoms. The van der Waals surface area contributed by atoms with Gasteiger partial charge in [-0.15, -0.1) is 0 Å². The Labute approximate surface area is 97.6 Å². The van der Waals surface area contributed by atoms with Crippen LogP contribution in [0.2, 0.25) is 0 Å². The predicted molar refractivity (Wildman–Crippen MR) is 62.6 cm³/mol. The van der Waals surface area contributed by atoms with Crippen LogP contribution in [0.1, 0.15) is 40.0 Å². The van der Waals surface area contributed by atoms with Crippen LogP contribution >= 0.6 is 0 Å². The van der Waals surface area contributed by atoms with Gasteiger partial charge < -0.3 is 14.7 Å². The Balaban J connectivity index is 2.31. The Bertz CT molecular complexity index is 240. The molecule has 1 heterocycles. The third-order valence-corrected chi connectivity index (χ3v) is 3.11. The van der Waals surface area contributed by atoms with Crippen LogP contribution in [-0.2, 0) is 9.53 Å². The molecule has 1 aliphatic rings. The Morgan fingerprint density at radius 2 is 2.25 bits per heavy atom. The van der Waals surface area contributed by atoms with E-state index in [-0.39, 0.29) is 18.1 Å². The van der Waals surface area contributed by atoms with Crippen LogP contribution in [0.4, 0.5) is 0 Å². The predicted octanol–water partition coefficient (Wildman–Crippen LogP) is 1.74. The molecular weight excluding hydrogens is 206 g/mol. The van der Waals surface area contributed by atoms with E-state index in [1.807, 2.05) is 0 Å². The van der Waals surface area contributed by atoms with E-state index in [4.69, 9.17) is 9.84 Å². The molecule has 1 N–H and O–H groups in total. The third kappa shape index (κ3) is 4.49. The summed E-state index contributed by atoms with van der Waals surface area (Å²) in [6, 6.07) is 0. The minimum absolute atomic E-state index is 0.00310. The lowest BCUT2D eigenvalue weighted by Crippen LogP contribution is -2.35. The van der Waals surface area contributed by atoms with Gasteiger partial charge in [0.05, 0.1) is 18.1 Å². The molecule has 4 heteroatoms. The van der Waals surface area contributed by atoms with Crippen molar-refractivity contribution in [3.8, 4) is 0 Å². The second-order valence-corrected chi connectivity index (χ2v) is 5.08. The minimum Gasteiger partial charge on any atom is -0.481 e. The van der Waals surface area contributed by atoms with Gasteiger partial charge in [0.2, 0.25) is 0 Å². The average molecular weight is 229 g/mol. The minimum atomic E-state index is -0.730. The molecule has 0 amide bonds. The highest BCUT2D eigenvalue weighted by Gasteiger charge is 2.32. The molecule has 0 aromatic rings. The maximum Gasteiger partial charge on any atom is 0.304 e. The van der Waals surface area contributed by atoms with Gasteiger partial charge in [-0.05, 0) is 33.2 Å². The van der Waals surface area contributed by atoms with E-state index < -0.39 is 5.97 Å². The summed E-state index contributed by atoms with van der Waals surface area (Å²) in [6.07, 6.45) is 2.65. The topological polar surface area (TPSA) is 49.8 Å². The van der Waals surface area contributed by atoms with Gasteiger partial charge in [0, 0.05) is 13.1 Å². The van der Waals surface area contributed by atoms with Crippen LogP contribution in [0, 0.1) is 0 Å². The molecular formula is C12H23NO3. The maximum atomic E-state index is 10.5. The SMILES string of the molecule is CCN(CCC(=O)O)CC1CCC(C)(C)O1. The molecule has 1 unspecified atom stereocenters. The molecule has 4 nitrogen and oxygen atoms in total. The van der Waals surface area contributed by atoms with E-state index in [0.29, 0.717) is 6.54 Å². The fourth-order valence-corrected chi connectivity index (χ4v) is 2.13. The molecule has 0 aromatic heterocycles. The Kier molecular flexibility index (Phi) is 4.74. The number of ether oxygens (including phenoxy) is 1. The van der Waals surface area contributed by atoms with Crippen LogP contribution in [0.5, 0.6) is 0 Å². The van der Waals surface area contributed by atoms with Crippen molar-refractivity contribution in [2.24, 2.45) is 0 Å². The zero-order valence-corrected chi connectivity index (χ0v) is 10.5. The molecule has 1 fully saturated rings. The van der Waals surface area contributed by atoms with Gasteiger partial charge in [0.1, 0.15) is 0 Å².